The van der Waals surface area contributed by atoms with Gasteiger partial charge in [-0.3, -0.25) is 9.89 Å². The number of guanidine groups is 1. The van der Waals surface area contributed by atoms with Gasteiger partial charge in [0.15, 0.2) is 15.8 Å². The van der Waals surface area contributed by atoms with E-state index < -0.39 is 9.84 Å². The molecule has 29 heavy (non-hydrogen) atoms. The summed E-state index contributed by atoms with van der Waals surface area (Å²) in [5, 5.41) is 7.40. The zero-order valence-corrected chi connectivity index (χ0v) is 21.5. The number of nitrogens with one attached hydrogen (secondary N) is 2. The Kier molecular flexibility index (Phi) is 11.2. The molecule has 166 valence electrons. The van der Waals surface area contributed by atoms with E-state index in [4.69, 9.17) is 16.6 Å². The van der Waals surface area contributed by atoms with Gasteiger partial charge < -0.3 is 10.6 Å². The molecule has 1 saturated heterocycles. The minimum Gasteiger partial charge on any atom is -0.357 e. The smallest absolute Gasteiger partial charge is 0.191 e. The lowest BCUT2D eigenvalue weighted by Gasteiger charge is -2.27. The van der Waals surface area contributed by atoms with Crippen molar-refractivity contribution in [3.8, 4) is 0 Å². The maximum Gasteiger partial charge on any atom is 0.191 e. The van der Waals surface area contributed by atoms with E-state index in [0.29, 0.717) is 19.6 Å². The lowest BCUT2D eigenvalue weighted by atomic mass is 9.86. The molecular formula is C20H34ClIN4O2S. The van der Waals surface area contributed by atoms with Gasteiger partial charge in [0.05, 0.1) is 11.5 Å². The highest BCUT2D eigenvalue weighted by Crippen LogP contribution is 2.23. The van der Waals surface area contributed by atoms with Crippen molar-refractivity contribution in [1.29, 1.82) is 0 Å². The molecule has 0 spiro atoms. The largest absolute Gasteiger partial charge is 0.357 e. The molecule has 0 atom stereocenters. The average molecular weight is 557 g/mol. The second-order valence-electron chi connectivity index (χ2n) is 8.09. The Bertz CT molecular complexity index is 757. The molecule has 1 heterocycles. The number of hydrogen-bond acceptors (Lipinski definition) is 4. The third-order valence-electron chi connectivity index (χ3n) is 4.74. The number of hydrogen-bond donors (Lipinski definition) is 2. The minimum atomic E-state index is -2.83. The highest BCUT2D eigenvalue weighted by Gasteiger charge is 2.21. The highest BCUT2D eigenvalue weighted by atomic mass is 127. The Morgan fingerprint density at radius 1 is 1.24 bits per heavy atom. The van der Waals surface area contributed by atoms with Crippen LogP contribution in [0.3, 0.4) is 0 Å². The van der Waals surface area contributed by atoms with E-state index in [1.807, 2.05) is 25.1 Å². The third-order valence-corrected chi connectivity index (χ3v) is 6.58. The first-order valence-corrected chi connectivity index (χ1v) is 12.1. The summed E-state index contributed by atoms with van der Waals surface area (Å²) >= 11 is 6.09. The Morgan fingerprint density at radius 2 is 1.93 bits per heavy atom. The molecule has 2 N–H and O–H groups in total. The molecule has 0 unspecified atom stereocenters. The van der Waals surface area contributed by atoms with Crippen LogP contribution in [0.5, 0.6) is 0 Å². The maximum atomic E-state index is 11.5. The van der Waals surface area contributed by atoms with E-state index in [0.717, 1.165) is 37.0 Å². The van der Waals surface area contributed by atoms with Crippen LogP contribution in [0.25, 0.3) is 0 Å². The monoisotopic (exact) mass is 556 g/mol. The third kappa shape index (κ3) is 10.3. The molecule has 9 heteroatoms. The molecule has 1 aliphatic rings. The number of benzene rings is 1. The summed E-state index contributed by atoms with van der Waals surface area (Å²) < 4.78 is 23.0. The first-order valence-electron chi connectivity index (χ1n) is 9.88. The molecule has 0 saturated carbocycles. The molecule has 1 aromatic carbocycles. The summed E-state index contributed by atoms with van der Waals surface area (Å²) in [6.07, 6.45) is 0.902. The van der Waals surface area contributed by atoms with Crippen LogP contribution in [0, 0.1) is 5.41 Å². The van der Waals surface area contributed by atoms with Crippen LogP contribution in [0.15, 0.2) is 29.3 Å². The summed E-state index contributed by atoms with van der Waals surface area (Å²) in [5.41, 5.74) is 1.22. The Balaban J connectivity index is 0.00000420. The van der Waals surface area contributed by atoms with Gasteiger partial charge in [-0.05, 0) is 36.5 Å². The fraction of sp³-hybridized carbons (Fsp3) is 0.650. The molecule has 6 nitrogen and oxygen atoms in total. The van der Waals surface area contributed by atoms with E-state index in [1.54, 1.807) is 0 Å². The molecule has 2 rings (SSSR count). The zero-order valence-electron chi connectivity index (χ0n) is 17.6. The fourth-order valence-electron chi connectivity index (χ4n) is 3.20. The molecule has 0 aromatic heterocycles. The van der Waals surface area contributed by atoms with Crippen LogP contribution >= 0.6 is 35.6 Å². The summed E-state index contributed by atoms with van der Waals surface area (Å²) in [4.78, 5) is 6.94. The number of nitrogens with zero attached hydrogens (tertiary/aromatic N) is 2. The van der Waals surface area contributed by atoms with Crippen LogP contribution < -0.4 is 10.6 Å². The molecule has 1 aromatic rings. The quantitative estimate of drug-likeness (QED) is 0.293. The van der Waals surface area contributed by atoms with Gasteiger partial charge in [0.1, 0.15) is 0 Å². The van der Waals surface area contributed by atoms with E-state index in [9.17, 15) is 8.42 Å². The molecule has 1 fully saturated rings. The molecule has 0 bridgehead atoms. The standard InChI is InChI=1S/C20H33ClN4O2S.HI/c1-4-22-19(23-8-9-25-10-12-28(26,27)13-11-25)24-16-20(2,3)15-17-6-5-7-18(21)14-17;/h5-7,14H,4,8-13,15-16H2,1-3H3,(H2,22,23,24);1H. The average Bonchev–Trinajstić information content (AvgIpc) is 2.61. The van der Waals surface area contributed by atoms with Crippen molar-refractivity contribution in [2.45, 2.75) is 27.2 Å². The van der Waals surface area contributed by atoms with Gasteiger partial charge in [0.2, 0.25) is 0 Å². The van der Waals surface area contributed by atoms with Crippen molar-refractivity contribution >= 4 is 51.4 Å². The Hall–Kier alpha value is -0.580. The van der Waals surface area contributed by atoms with Crippen LogP contribution in [0.1, 0.15) is 26.3 Å². The van der Waals surface area contributed by atoms with Gasteiger partial charge in [-0.25, -0.2) is 8.42 Å². The molecule has 0 radical (unpaired) electrons. The summed E-state index contributed by atoms with van der Waals surface area (Å²) in [6, 6.07) is 7.98. The predicted molar refractivity (Wildman–Crippen MR) is 133 cm³/mol. The van der Waals surface area contributed by atoms with Gasteiger partial charge in [0, 0.05) is 44.3 Å². The van der Waals surface area contributed by atoms with Crippen LogP contribution in [0.4, 0.5) is 0 Å². The van der Waals surface area contributed by atoms with Crippen molar-refractivity contribution in [3.63, 3.8) is 0 Å². The van der Waals surface area contributed by atoms with Crippen LogP contribution in [0.2, 0.25) is 5.02 Å². The first-order chi connectivity index (χ1) is 13.2. The van der Waals surface area contributed by atoms with Gasteiger partial charge in [-0.1, -0.05) is 37.6 Å². The van der Waals surface area contributed by atoms with Gasteiger partial charge >= 0.3 is 0 Å². The number of sulfone groups is 1. The van der Waals surface area contributed by atoms with Crippen molar-refractivity contribution in [2.75, 3.05) is 50.8 Å². The van der Waals surface area contributed by atoms with Crippen molar-refractivity contribution in [2.24, 2.45) is 10.4 Å². The first kappa shape index (κ1) is 26.5. The molecule has 0 amide bonds. The van der Waals surface area contributed by atoms with Gasteiger partial charge in [-0.15, -0.1) is 24.0 Å². The molecule has 1 aliphatic heterocycles. The summed E-state index contributed by atoms with van der Waals surface area (Å²) in [5.74, 6) is 1.32. The van der Waals surface area contributed by atoms with Crippen LogP contribution in [-0.4, -0.2) is 70.1 Å². The summed E-state index contributed by atoms with van der Waals surface area (Å²) in [6.45, 7) is 10.7. The number of rotatable bonds is 8. The minimum absolute atomic E-state index is 0. The van der Waals surface area contributed by atoms with E-state index in [1.165, 1.54) is 5.56 Å². The van der Waals surface area contributed by atoms with Crippen LogP contribution in [-0.2, 0) is 16.3 Å². The molecular weight excluding hydrogens is 523 g/mol. The maximum absolute atomic E-state index is 11.5. The summed E-state index contributed by atoms with van der Waals surface area (Å²) in [7, 11) is -2.83. The Labute approximate surface area is 197 Å². The molecule has 0 aliphatic carbocycles. The number of aliphatic imine (C=N–C) groups is 1. The zero-order chi connectivity index (χ0) is 20.6. The van der Waals surface area contributed by atoms with Crippen molar-refractivity contribution < 1.29 is 8.42 Å². The lowest BCUT2D eigenvalue weighted by Crippen LogP contribution is -2.46. The SMILES string of the molecule is CCNC(=NCC(C)(C)Cc1cccc(Cl)c1)NCCN1CCS(=O)(=O)CC1.I. The normalized spacial score (nSPS) is 17.4. The van der Waals surface area contributed by atoms with Gasteiger partial charge in [0.25, 0.3) is 0 Å². The number of halogens is 2. The van der Waals surface area contributed by atoms with Crippen molar-refractivity contribution in [1.82, 2.24) is 15.5 Å². The van der Waals surface area contributed by atoms with E-state index >= 15 is 0 Å². The lowest BCUT2D eigenvalue weighted by molar-refractivity contribution is 0.299. The van der Waals surface area contributed by atoms with Crippen molar-refractivity contribution in [3.05, 3.63) is 34.9 Å². The topological polar surface area (TPSA) is 73.8 Å². The second-order valence-corrected chi connectivity index (χ2v) is 10.8. The van der Waals surface area contributed by atoms with Gasteiger partial charge in [-0.2, -0.15) is 0 Å². The predicted octanol–water partition coefficient (Wildman–Crippen LogP) is 2.81. The fourth-order valence-corrected chi connectivity index (χ4v) is 4.69. The van der Waals surface area contributed by atoms with E-state index in [2.05, 4.69) is 35.4 Å². The highest BCUT2D eigenvalue weighted by molar-refractivity contribution is 14.0. The second kappa shape index (κ2) is 12.3. The van der Waals surface area contributed by atoms with E-state index in [-0.39, 0.29) is 40.9 Å². The Morgan fingerprint density at radius 3 is 2.55 bits per heavy atom.